The summed E-state index contributed by atoms with van der Waals surface area (Å²) in [6.07, 6.45) is 7.28. The monoisotopic (exact) mass is 866 g/mol. The number of nitrogens with zero attached hydrogens (tertiary/aromatic N) is 4. The topological polar surface area (TPSA) is 148 Å². The Labute approximate surface area is 369 Å². The average Bonchev–Trinajstić information content (AvgIpc) is 4.03. The minimum Gasteiger partial charge on any atom is -0.457 e. The van der Waals surface area contributed by atoms with Gasteiger partial charge in [0, 0.05) is 112 Å². The number of carbonyl (C=O) groups excluding carboxylic acids is 3. The molecule has 62 heavy (non-hydrogen) atoms. The third-order valence-corrected chi connectivity index (χ3v) is 14.0. The van der Waals surface area contributed by atoms with E-state index >= 15 is 0 Å². The van der Waals surface area contributed by atoms with Crippen LogP contribution in [0.15, 0.2) is 54.6 Å². The molecule has 4 saturated heterocycles. The lowest BCUT2D eigenvalue weighted by molar-refractivity contribution is -0.136. The number of anilines is 2. The highest BCUT2D eigenvalue weighted by Crippen LogP contribution is 2.59. The number of alkyl halides is 1. The lowest BCUT2D eigenvalue weighted by Crippen LogP contribution is -2.54. The second kappa shape index (κ2) is 18.6. The number of fused-ring (bicyclic) bond motifs is 6. The fourth-order valence-electron chi connectivity index (χ4n) is 10.2. The predicted molar refractivity (Wildman–Crippen MR) is 238 cm³/mol. The minimum absolute atomic E-state index is 0.0425. The third-order valence-electron chi connectivity index (χ3n) is 13.8. The van der Waals surface area contributed by atoms with Crippen molar-refractivity contribution in [3.05, 3.63) is 82.4 Å². The Kier molecular flexibility index (Phi) is 12.8. The maximum atomic E-state index is 13.7. The van der Waals surface area contributed by atoms with Gasteiger partial charge in [-0.15, -0.1) is 11.6 Å². The summed E-state index contributed by atoms with van der Waals surface area (Å²) in [5, 5.41) is 24.5. The number of carbonyl (C=O) groups is 3. The Morgan fingerprint density at radius 2 is 1.26 bits per heavy atom. The quantitative estimate of drug-likeness (QED) is 0.112. The molecule has 9 rings (SSSR count). The van der Waals surface area contributed by atoms with Gasteiger partial charge in [-0.3, -0.25) is 14.4 Å². The van der Waals surface area contributed by atoms with Crippen LogP contribution < -0.4 is 19.9 Å². The van der Waals surface area contributed by atoms with Crippen LogP contribution in [0.1, 0.15) is 90.1 Å². The molecule has 0 saturated carbocycles. The van der Waals surface area contributed by atoms with Crippen molar-refractivity contribution in [2.75, 3.05) is 101 Å². The van der Waals surface area contributed by atoms with Crippen LogP contribution in [0.25, 0.3) is 0 Å². The molecule has 13 nitrogen and oxygen atoms in total. The highest BCUT2D eigenvalue weighted by Gasteiger charge is 2.56. The molecular formula is C48H59ClN6O7. The van der Waals surface area contributed by atoms with Crippen molar-refractivity contribution in [3.63, 3.8) is 0 Å². The number of nitrogens with one attached hydrogen (secondary N) is 2. The van der Waals surface area contributed by atoms with Crippen LogP contribution in [0, 0.1) is 17.2 Å². The van der Waals surface area contributed by atoms with E-state index in [2.05, 4.69) is 15.1 Å². The average molecular weight is 867 g/mol. The van der Waals surface area contributed by atoms with Crippen LogP contribution in [-0.4, -0.2) is 130 Å². The summed E-state index contributed by atoms with van der Waals surface area (Å²) in [4.78, 5) is 48.4. The standard InChI is InChI=1S/C48H59ClN6O7/c49-15-3-1-2-8-21-60-23-24-61-22-16-51-45(57)32-9-12-37-40(25-32)48(44(50)43(37)56)38-13-10-35(54-28-33(29-54)46(58)52-17-4-5-18-52)26-41(38)62-42-27-36(11-14-39(42)48)55-30-34(31-55)47(59)53-19-6-7-20-53/h9-14,25-27,33-34,43,50,56H,1-8,15-24,28-31H2,(H,51,57). The molecule has 0 radical (unpaired) electrons. The van der Waals surface area contributed by atoms with Crippen LogP contribution in [0.4, 0.5) is 11.4 Å². The van der Waals surface area contributed by atoms with Crippen molar-refractivity contribution >= 4 is 46.4 Å². The zero-order valence-electron chi connectivity index (χ0n) is 35.5. The Bertz CT molecular complexity index is 2070. The SMILES string of the molecule is N=C1C(O)c2ccc(C(=O)NCCOCCOCCCCCCCl)cc2C12c1ccc(N3CC(C(=O)N4CCCC4)C3)cc1Oc1cc(N3CC(C(=O)N4CCCC4)C3)ccc12. The second-order valence-corrected chi connectivity index (χ2v) is 18.1. The molecule has 0 aromatic heterocycles. The maximum absolute atomic E-state index is 13.7. The number of aliphatic hydroxyl groups excluding tert-OH is 1. The highest BCUT2D eigenvalue weighted by atomic mass is 35.5. The molecule has 3 aromatic carbocycles. The fourth-order valence-corrected chi connectivity index (χ4v) is 10.4. The van der Waals surface area contributed by atoms with Gasteiger partial charge in [0.2, 0.25) is 11.8 Å². The molecule has 330 valence electrons. The predicted octanol–water partition coefficient (Wildman–Crippen LogP) is 5.87. The Morgan fingerprint density at radius 1 is 0.710 bits per heavy atom. The zero-order chi connectivity index (χ0) is 42.8. The van der Waals surface area contributed by atoms with E-state index in [0.29, 0.717) is 104 Å². The van der Waals surface area contributed by atoms with Crippen LogP contribution in [0.5, 0.6) is 11.5 Å². The van der Waals surface area contributed by atoms with E-state index in [1.807, 2.05) is 52.3 Å². The summed E-state index contributed by atoms with van der Waals surface area (Å²) in [6.45, 7) is 8.10. The van der Waals surface area contributed by atoms with E-state index in [1.165, 1.54) is 0 Å². The smallest absolute Gasteiger partial charge is 0.251 e. The summed E-state index contributed by atoms with van der Waals surface area (Å²) >= 11 is 5.74. The number of benzene rings is 3. The van der Waals surface area contributed by atoms with Crippen LogP contribution in [0.3, 0.4) is 0 Å². The van der Waals surface area contributed by atoms with Gasteiger partial charge in [0.1, 0.15) is 17.6 Å². The Balaban J connectivity index is 0.950. The lowest BCUT2D eigenvalue weighted by Gasteiger charge is -2.44. The molecule has 5 heterocycles. The fraction of sp³-hybridized carbons (Fsp3) is 0.542. The summed E-state index contributed by atoms with van der Waals surface area (Å²) in [6, 6.07) is 17.2. The molecule has 4 fully saturated rings. The molecule has 6 aliphatic rings. The summed E-state index contributed by atoms with van der Waals surface area (Å²) in [5.74, 6) is 1.90. The number of rotatable bonds is 17. The van der Waals surface area contributed by atoms with E-state index in [-0.39, 0.29) is 35.3 Å². The molecular weight excluding hydrogens is 808 g/mol. The van der Waals surface area contributed by atoms with E-state index in [4.69, 9.17) is 25.8 Å². The first kappa shape index (κ1) is 42.6. The number of aliphatic hydroxyl groups is 1. The van der Waals surface area contributed by atoms with E-state index in [9.17, 15) is 24.9 Å². The molecule has 5 aliphatic heterocycles. The number of likely N-dealkylation sites (tertiary alicyclic amines) is 2. The van der Waals surface area contributed by atoms with Gasteiger partial charge in [0.15, 0.2) is 0 Å². The molecule has 14 heteroatoms. The van der Waals surface area contributed by atoms with Gasteiger partial charge in [0.25, 0.3) is 5.91 Å². The van der Waals surface area contributed by atoms with Crippen LogP contribution >= 0.6 is 11.6 Å². The first-order valence-corrected chi connectivity index (χ1v) is 23.3. The molecule has 0 bridgehead atoms. The van der Waals surface area contributed by atoms with E-state index < -0.39 is 11.5 Å². The summed E-state index contributed by atoms with van der Waals surface area (Å²) in [5.41, 5.74) is 3.72. The van der Waals surface area contributed by atoms with Gasteiger partial charge in [-0.2, -0.15) is 0 Å². The Morgan fingerprint density at radius 3 is 1.82 bits per heavy atom. The van der Waals surface area contributed by atoms with Gasteiger partial charge < -0.3 is 49.6 Å². The van der Waals surface area contributed by atoms with Gasteiger partial charge >= 0.3 is 0 Å². The van der Waals surface area contributed by atoms with Crippen LogP contribution in [0.2, 0.25) is 0 Å². The van der Waals surface area contributed by atoms with Gasteiger partial charge in [0.05, 0.1) is 42.8 Å². The minimum atomic E-state index is -1.25. The van der Waals surface area contributed by atoms with E-state index in [1.54, 1.807) is 12.1 Å². The van der Waals surface area contributed by atoms with Crippen molar-refractivity contribution in [1.82, 2.24) is 15.1 Å². The second-order valence-electron chi connectivity index (χ2n) is 17.7. The van der Waals surface area contributed by atoms with Crippen molar-refractivity contribution in [2.45, 2.75) is 62.9 Å². The van der Waals surface area contributed by atoms with Gasteiger partial charge in [-0.05, 0) is 73.9 Å². The van der Waals surface area contributed by atoms with E-state index in [0.717, 1.165) is 88.9 Å². The summed E-state index contributed by atoms with van der Waals surface area (Å²) < 4.78 is 18.2. The highest BCUT2D eigenvalue weighted by molar-refractivity contribution is 6.17. The molecule has 3 aromatic rings. The maximum Gasteiger partial charge on any atom is 0.251 e. The van der Waals surface area contributed by atoms with Crippen molar-refractivity contribution in [1.29, 1.82) is 5.41 Å². The first-order valence-electron chi connectivity index (χ1n) is 22.7. The lowest BCUT2D eigenvalue weighted by atomic mass is 9.67. The van der Waals surface area contributed by atoms with Crippen LogP contribution in [-0.2, 0) is 24.5 Å². The number of hydrogen-bond acceptors (Lipinski definition) is 10. The normalized spacial score (nSPS) is 20.2. The third kappa shape index (κ3) is 8.06. The van der Waals surface area contributed by atoms with Crippen molar-refractivity contribution in [3.8, 4) is 11.5 Å². The molecule has 3 amide bonds. The molecule has 1 unspecified atom stereocenters. The molecule has 3 N–H and O–H groups in total. The summed E-state index contributed by atoms with van der Waals surface area (Å²) in [7, 11) is 0. The largest absolute Gasteiger partial charge is 0.457 e. The molecule has 1 aliphatic carbocycles. The first-order chi connectivity index (χ1) is 30.3. The van der Waals surface area contributed by atoms with Gasteiger partial charge in [-0.1, -0.05) is 31.0 Å². The number of amides is 3. The number of ether oxygens (including phenoxy) is 3. The van der Waals surface area contributed by atoms with Crippen molar-refractivity contribution in [2.24, 2.45) is 11.8 Å². The molecule has 1 atom stereocenters. The zero-order valence-corrected chi connectivity index (χ0v) is 36.3. The Hall–Kier alpha value is -4.69. The number of halogens is 1. The number of hydrogen-bond donors (Lipinski definition) is 3. The van der Waals surface area contributed by atoms with Crippen molar-refractivity contribution < 1.29 is 33.7 Å². The number of unbranched alkanes of at least 4 members (excludes halogenated alkanes) is 3. The van der Waals surface area contributed by atoms with Gasteiger partial charge in [-0.25, -0.2) is 0 Å². The molecule has 1 spiro atoms.